The molecular weight excluding hydrogens is 428 g/mol. The number of carbonyl (C=O) groups is 2. The smallest absolute Gasteiger partial charge is 0.234 e. The van der Waals surface area contributed by atoms with Gasteiger partial charge in [-0.15, -0.1) is 10.2 Å². The molecule has 2 heterocycles. The van der Waals surface area contributed by atoms with Gasteiger partial charge in [-0.3, -0.25) is 14.2 Å². The molecule has 0 unspecified atom stereocenters. The molecule has 0 bridgehead atoms. The number of Topliss-reactive ketones (excluding diaryl/α,β-unsaturated/α-hetero) is 1. The van der Waals surface area contributed by atoms with Crippen molar-refractivity contribution in [2.45, 2.75) is 18.6 Å². The van der Waals surface area contributed by atoms with Crippen molar-refractivity contribution in [3.8, 4) is 17.1 Å². The van der Waals surface area contributed by atoms with Crippen molar-refractivity contribution >= 4 is 29.1 Å². The van der Waals surface area contributed by atoms with Gasteiger partial charge >= 0.3 is 0 Å². The Hall–Kier alpha value is -3.85. The van der Waals surface area contributed by atoms with Crippen molar-refractivity contribution in [3.63, 3.8) is 0 Å². The van der Waals surface area contributed by atoms with Crippen molar-refractivity contribution in [3.05, 3.63) is 78.3 Å². The molecule has 0 aliphatic heterocycles. The molecule has 4 aromatic rings. The van der Waals surface area contributed by atoms with Gasteiger partial charge in [-0.05, 0) is 67.6 Å². The van der Waals surface area contributed by atoms with Crippen LogP contribution in [0.15, 0.2) is 76.5 Å². The summed E-state index contributed by atoms with van der Waals surface area (Å²) in [6.07, 6.45) is 1.59. The number of aromatic nitrogens is 3. The number of anilines is 1. The third kappa shape index (κ3) is 5.06. The average Bonchev–Trinajstić information content (AvgIpc) is 3.44. The van der Waals surface area contributed by atoms with E-state index in [1.165, 1.54) is 18.7 Å². The Morgan fingerprint density at radius 3 is 2.47 bits per heavy atom. The lowest BCUT2D eigenvalue weighted by molar-refractivity contribution is -0.113. The molecule has 8 nitrogen and oxygen atoms in total. The maximum Gasteiger partial charge on any atom is 0.234 e. The number of rotatable bonds is 8. The number of phenols is 1. The van der Waals surface area contributed by atoms with E-state index in [1.54, 1.807) is 60.9 Å². The van der Waals surface area contributed by atoms with Gasteiger partial charge in [0.1, 0.15) is 11.5 Å². The molecule has 2 aromatic carbocycles. The van der Waals surface area contributed by atoms with Crippen LogP contribution in [-0.4, -0.2) is 37.3 Å². The first-order chi connectivity index (χ1) is 15.5. The molecule has 0 saturated carbocycles. The zero-order valence-corrected chi connectivity index (χ0v) is 18.0. The summed E-state index contributed by atoms with van der Waals surface area (Å²) in [5, 5.41) is 21.5. The van der Waals surface area contributed by atoms with Crippen LogP contribution in [0.3, 0.4) is 0 Å². The highest BCUT2D eigenvalue weighted by molar-refractivity contribution is 7.99. The summed E-state index contributed by atoms with van der Waals surface area (Å²) >= 11 is 1.26. The molecule has 2 N–H and O–H groups in total. The van der Waals surface area contributed by atoms with E-state index >= 15 is 0 Å². The van der Waals surface area contributed by atoms with Gasteiger partial charge in [0.2, 0.25) is 5.91 Å². The minimum Gasteiger partial charge on any atom is -0.508 e. The number of amides is 1. The van der Waals surface area contributed by atoms with Crippen molar-refractivity contribution < 1.29 is 19.1 Å². The monoisotopic (exact) mass is 448 g/mol. The Balaban J connectivity index is 1.49. The number of hydrogen-bond donors (Lipinski definition) is 2. The van der Waals surface area contributed by atoms with Crippen LogP contribution in [0.2, 0.25) is 0 Å². The summed E-state index contributed by atoms with van der Waals surface area (Å²) in [6, 6.07) is 17.1. The third-order valence-corrected chi connectivity index (χ3v) is 5.61. The van der Waals surface area contributed by atoms with Crippen LogP contribution in [0.1, 0.15) is 23.0 Å². The molecule has 0 fully saturated rings. The first kappa shape index (κ1) is 21.4. The van der Waals surface area contributed by atoms with Gasteiger partial charge in [0.25, 0.3) is 0 Å². The maximum absolute atomic E-state index is 12.4. The Kier molecular flexibility index (Phi) is 6.37. The Bertz CT molecular complexity index is 1220. The SMILES string of the molecule is CC(=O)c1ccc(NC(=O)CSc2nnc(-c3ccc(O)cc3)n2Cc2ccco2)cc1. The van der Waals surface area contributed by atoms with Crippen LogP contribution in [-0.2, 0) is 11.3 Å². The van der Waals surface area contributed by atoms with Gasteiger partial charge in [-0.2, -0.15) is 0 Å². The molecule has 1 amide bonds. The first-order valence-electron chi connectivity index (χ1n) is 9.78. The molecule has 0 aliphatic carbocycles. The summed E-state index contributed by atoms with van der Waals surface area (Å²) in [7, 11) is 0. The van der Waals surface area contributed by atoms with Crippen LogP contribution in [0, 0.1) is 0 Å². The zero-order valence-electron chi connectivity index (χ0n) is 17.2. The molecule has 162 valence electrons. The Morgan fingerprint density at radius 1 is 1.06 bits per heavy atom. The predicted molar refractivity (Wildman–Crippen MR) is 121 cm³/mol. The third-order valence-electron chi connectivity index (χ3n) is 4.64. The number of aromatic hydroxyl groups is 1. The molecular formula is C23H20N4O4S. The van der Waals surface area contributed by atoms with Crippen molar-refractivity contribution in [2.75, 3.05) is 11.1 Å². The summed E-state index contributed by atoms with van der Waals surface area (Å²) in [5.41, 5.74) is 1.98. The largest absolute Gasteiger partial charge is 0.508 e. The maximum atomic E-state index is 12.4. The molecule has 0 spiro atoms. The van der Waals surface area contributed by atoms with Gasteiger partial charge < -0.3 is 14.8 Å². The normalized spacial score (nSPS) is 10.8. The Labute approximate surface area is 188 Å². The minimum absolute atomic E-state index is 0.0289. The van der Waals surface area contributed by atoms with Gasteiger partial charge in [0, 0.05) is 16.8 Å². The molecule has 0 saturated heterocycles. The second-order valence-electron chi connectivity index (χ2n) is 6.99. The fourth-order valence-corrected chi connectivity index (χ4v) is 3.77. The quantitative estimate of drug-likeness (QED) is 0.307. The van der Waals surface area contributed by atoms with E-state index < -0.39 is 0 Å². The predicted octanol–water partition coefficient (Wildman–Crippen LogP) is 4.23. The van der Waals surface area contributed by atoms with E-state index in [9.17, 15) is 14.7 Å². The van der Waals surface area contributed by atoms with Crippen molar-refractivity contribution in [1.29, 1.82) is 0 Å². The first-order valence-corrected chi connectivity index (χ1v) is 10.8. The lowest BCUT2D eigenvalue weighted by atomic mass is 10.1. The second-order valence-corrected chi connectivity index (χ2v) is 7.93. The number of phenolic OH excluding ortho intramolecular Hbond substituents is 1. The van der Waals surface area contributed by atoms with E-state index in [1.807, 2.05) is 10.6 Å². The number of nitrogens with one attached hydrogen (secondary N) is 1. The van der Waals surface area contributed by atoms with Gasteiger partial charge in [-0.1, -0.05) is 11.8 Å². The fraction of sp³-hybridized carbons (Fsp3) is 0.130. The van der Waals surface area contributed by atoms with Crippen LogP contribution >= 0.6 is 11.8 Å². The lowest BCUT2D eigenvalue weighted by Gasteiger charge is -2.09. The number of ketones is 1. The van der Waals surface area contributed by atoms with E-state index in [-0.39, 0.29) is 23.2 Å². The zero-order chi connectivity index (χ0) is 22.5. The van der Waals surface area contributed by atoms with Crippen LogP contribution in [0.25, 0.3) is 11.4 Å². The second kappa shape index (κ2) is 9.52. The number of carbonyl (C=O) groups excluding carboxylic acids is 2. The summed E-state index contributed by atoms with van der Waals surface area (Å²) in [5.74, 6) is 1.38. The highest BCUT2D eigenvalue weighted by Gasteiger charge is 2.17. The van der Waals surface area contributed by atoms with Gasteiger partial charge in [0.05, 0.1) is 18.6 Å². The average molecular weight is 449 g/mol. The van der Waals surface area contributed by atoms with Crippen molar-refractivity contribution in [2.24, 2.45) is 0 Å². The number of thioether (sulfide) groups is 1. The number of hydrogen-bond acceptors (Lipinski definition) is 7. The minimum atomic E-state index is -0.204. The van der Waals surface area contributed by atoms with Gasteiger partial charge in [-0.25, -0.2) is 0 Å². The van der Waals surface area contributed by atoms with E-state index in [4.69, 9.17) is 4.42 Å². The van der Waals surface area contributed by atoms with Crippen LogP contribution in [0.5, 0.6) is 5.75 Å². The van der Waals surface area contributed by atoms with Crippen LogP contribution < -0.4 is 5.32 Å². The number of benzene rings is 2. The van der Waals surface area contributed by atoms with Crippen LogP contribution in [0.4, 0.5) is 5.69 Å². The number of furan rings is 1. The molecule has 32 heavy (non-hydrogen) atoms. The highest BCUT2D eigenvalue weighted by Crippen LogP contribution is 2.26. The molecule has 4 rings (SSSR count). The standard InChI is InChI=1S/C23H20N4O4S/c1-15(28)16-4-8-18(9-5-16)24-21(30)14-32-23-26-25-22(17-6-10-19(29)11-7-17)27(23)13-20-3-2-12-31-20/h2-12,29H,13-14H2,1H3,(H,24,30). The Morgan fingerprint density at radius 2 is 1.81 bits per heavy atom. The molecule has 0 aliphatic rings. The number of nitrogens with zero attached hydrogens (tertiary/aromatic N) is 3. The van der Waals surface area contributed by atoms with Gasteiger partial charge in [0.15, 0.2) is 16.8 Å². The van der Waals surface area contributed by atoms with E-state index in [0.717, 1.165) is 11.3 Å². The fourth-order valence-electron chi connectivity index (χ4n) is 3.04. The molecule has 2 aromatic heterocycles. The lowest BCUT2D eigenvalue weighted by Crippen LogP contribution is -2.15. The van der Waals surface area contributed by atoms with Crippen molar-refractivity contribution in [1.82, 2.24) is 14.8 Å². The molecule has 9 heteroatoms. The molecule has 0 atom stereocenters. The van der Waals surface area contributed by atoms with E-state index in [2.05, 4.69) is 15.5 Å². The molecule has 0 radical (unpaired) electrons. The topological polar surface area (TPSA) is 110 Å². The van der Waals surface area contributed by atoms with E-state index in [0.29, 0.717) is 28.8 Å². The summed E-state index contributed by atoms with van der Waals surface area (Å²) < 4.78 is 7.34. The highest BCUT2D eigenvalue weighted by atomic mass is 32.2. The summed E-state index contributed by atoms with van der Waals surface area (Å²) in [4.78, 5) is 23.8. The summed E-state index contributed by atoms with van der Waals surface area (Å²) in [6.45, 7) is 1.89.